The van der Waals surface area contributed by atoms with Gasteiger partial charge in [-0.15, -0.1) is 0 Å². The van der Waals surface area contributed by atoms with Crippen LogP contribution in [0.4, 0.5) is 0 Å². The molecule has 0 spiro atoms. The Morgan fingerprint density at radius 2 is 1.83 bits per heavy atom. The van der Waals surface area contributed by atoms with Crippen LogP contribution < -0.4 is 0 Å². The highest BCUT2D eigenvalue weighted by molar-refractivity contribution is 5.66. The average Bonchev–Trinajstić information content (AvgIpc) is 2.97. The first-order valence-corrected chi connectivity index (χ1v) is 11.6. The molecule has 4 rings (SSSR count). The van der Waals surface area contributed by atoms with E-state index in [4.69, 9.17) is 4.74 Å². The van der Waals surface area contributed by atoms with Crippen molar-refractivity contribution >= 4 is 6.29 Å². The number of ether oxygens (including phenoxy) is 1. The predicted molar refractivity (Wildman–Crippen MR) is 113 cm³/mol. The summed E-state index contributed by atoms with van der Waals surface area (Å²) in [6.45, 7) is 4.72. The van der Waals surface area contributed by atoms with Crippen molar-refractivity contribution in [1.82, 2.24) is 0 Å². The largest absolute Gasteiger partial charge is 0.504 e. The topological polar surface area (TPSA) is 66.8 Å². The van der Waals surface area contributed by atoms with E-state index < -0.39 is 5.60 Å². The van der Waals surface area contributed by atoms with Crippen molar-refractivity contribution in [3.8, 4) is 0 Å². The second-order valence-electron chi connectivity index (χ2n) is 10.7. The Kier molecular flexibility index (Phi) is 5.48. The third-order valence-corrected chi connectivity index (χ3v) is 9.85. The molecule has 0 aromatic rings. The van der Waals surface area contributed by atoms with Gasteiger partial charge in [0.25, 0.3) is 0 Å². The van der Waals surface area contributed by atoms with Gasteiger partial charge >= 0.3 is 0 Å². The van der Waals surface area contributed by atoms with Crippen molar-refractivity contribution in [2.75, 3.05) is 7.11 Å². The zero-order valence-electron chi connectivity index (χ0n) is 18.3. The Morgan fingerprint density at radius 1 is 1.03 bits per heavy atom. The number of carbonyl (C=O) groups is 1. The average molecular weight is 403 g/mol. The predicted octanol–water partition coefficient (Wildman–Crippen LogP) is 4.41. The number of carbonyl (C=O) groups excluding carboxylic acids is 1. The van der Waals surface area contributed by atoms with Gasteiger partial charge in [0.1, 0.15) is 6.29 Å². The molecule has 0 heterocycles. The number of aldehydes is 1. The molecule has 0 aliphatic heterocycles. The summed E-state index contributed by atoms with van der Waals surface area (Å²) in [6, 6.07) is 0. The molecule has 0 bridgehead atoms. The van der Waals surface area contributed by atoms with Gasteiger partial charge in [0.2, 0.25) is 0 Å². The number of aliphatic hydroxyl groups excluding tert-OH is 1. The van der Waals surface area contributed by atoms with Crippen molar-refractivity contribution in [1.29, 1.82) is 0 Å². The molecule has 4 aliphatic rings. The summed E-state index contributed by atoms with van der Waals surface area (Å²) < 4.78 is 5.34. The van der Waals surface area contributed by atoms with Gasteiger partial charge in [0.05, 0.1) is 25.1 Å². The maximum Gasteiger partial charge on any atom is 0.142 e. The number of methoxy groups -OCH3 is 1. The lowest BCUT2D eigenvalue weighted by Gasteiger charge is -2.63. The van der Waals surface area contributed by atoms with Gasteiger partial charge in [-0.25, -0.2) is 0 Å². The molecule has 4 nitrogen and oxygen atoms in total. The lowest BCUT2D eigenvalue weighted by Crippen LogP contribution is -2.62. The molecule has 4 heteroatoms. The van der Waals surface area contributed by atoms with Gasteiger partial charge in [-0.05, 0) is 98.5 Å². The van der Waals surface area contributed by atoms with E-state index in [0.29, 0.717) is 17.8 Å². The van der Waals surface area contributed by atoms with Crippen LogP contribution in [0.3, 0.4) is 0 Å². The normalized spacial score (nSPS) is 50.0. The number of hydrogen-bond acceptors (Lipinski definition) is 4. The minimum Gasteiger partial charge on any atom is -0.504 e. The zero-order chi connectivity index (χ0) is 20.9. The molecule has 4 aliphatic carbocycles. The Balaban J connectivity index is 1.65. The van der Waals surface area contributed by atoms with Crippen LogP contribution >= 0.6 is 0 Å². The highest BCUT2D eigenvalue weighted by Gasteiger charge is 2.67. The van der Waals surface area contributed by atoms with Crippen LogP contribution in [-0.4, -0.2) is 35.3 Å². The Labute approximate surface area is 175 Å². The van der Waals surface area contributed by atoms with Crippen molar-refractivity contribution in [2.24, 2.45) is 34.5 Å². The Bertz CT molecular complexity index is 699. The Morgan fingerprint density at radius 3 is 2.55 bits per heavy atom. The van der Waals surface area contributed by atoms with Gasteiger partial charge in [-0.1, -0.05) is 19.9 Å². The molecule has 8 atom stereocenters. The summed E-state index contributed by atoms with van der Waals surface area (Å²) in [7, 11) is 1.65. The third kappa shape index (κ3) is 3.05. The summed E-state index contributed by atoms with van der Waals surface area (Å²) in [5.74, 6) is 1.69. The Hall–Kier alpha value is -1.13. The number of rotatable bonds is 4. The van der Waals surface area contributed by atoms with E-state index >= 15 is 0 Å². The zero-order valence-corrected chi connectivity index (χ0v) is 18.3. The summed E-state index contributed by atoms with van der Waals surface area (Å²) in [5.41, 5.74) is 0.423. The van der Waals surface area contributed by atoms with Crippen LogP contribution in [0.5, 0.6) is 0 Å². The van der Waals surface area contributed by atoms with Gasteiger partial charge < -0.3 is 14.9 Å². The molecule has 2 N–H and O–H groups in total. The van der Waals surface area contributed by atoms with Gasteiger partial charge in [-0.3, -0.25) is 4.79 Å². The van der Waals surface area contributed by atoms with Crippen LogP contribution in [0.25, 0.3) is 0 Å². The van der Waals surface area contributed by atoms with Crippen molar-refractivity contribution < 1.29 is 19.7 Å². The minimum atomic E-state index is -0.660. The van der Waals surface area contributed by atoms with Gasteiger partial charge in [0.15, 0.2) is 0 Å². The first-order valence-electron chi connectivity index (χ1n) is 11.6. The van der Waals surface area contributed by atoms with Crippen LogP contribution in [-0.2, 0) is 9.53 Å². The second kappa shape index (κ2) is 7.53. The molecule has 0 aromatic carbocycles. The van der Waals surface area contributed by atoms with E-state index in [-0.39, 0.29) is 22.9 Å². The number of fused-ring (bicyclic) bond motifs is 5. The summed E-state index contributed by atoms with van der Waals surface area (Å²) in [6.07, 6.45) is 14.9. The monoisotopic (exact) mass is 402 g/mol. The lowest BCUT2D eigenvalue weighted by atomic mass is 9.43. The van der Waals surface area contributed by atoms with Gasteiger partial charge in [0, 0.05) is 5.41 Å². The molecule has 162 valence electrons. The van der Waals surface area contributed by atoms with Crippen LogP contribution in [0.15, 0.2) is 24.0 Å². The number of allylic oxidation sites excluding steroid dienone is 3. The fourth-order valence-corrected chi connectivity index (χ4v) is 8.26. The minimum absolute atomic E-state index is 0.135. The van der Waals surface area contributed by atoms with E-state index in [1.54, 1.807) is 13.4 Å². The molecule has 4 fully saturated rings. The number of aliphatic hydroxyl groups is 2. The molecule has 4 saturated carbocycles. The number of hydrogen-bond donors (Lipinski definition) is 2. The molecular weight excluding hydrogens is 364 g/mol. The lowest BCUT2D eigenvalue weighted by molar-refractivity contribution is -0.207. The molecule has 0 amide bonds. The smallest absolute Gasteiger partial charge is 0.142 e. The van der Waals surface area contributed by atoms with Crippen molar-refractivity contribution in [3.63, 3.8) is 0 Å². The highest BCUT2D eigenvalue weighted by atomic mass is 16.5. The summed E-state index contributed by atoms with van der Waals surface area (Å²) in [4.78, 5) is 10.9. The van der Waals surface area contributed by atoms with Crippen molar-refractivity contribution in [2.45, 2.75) is 83.3 Å². The highest BCUT2D eigenvalue weighted by Crippen LogP contribution is 2.69. The standard InChI is InChI=1S/C25H38O4/c1-23-11-8-19(27)15-18(23)6-7-22-21(23)9-12-24(2)20(10-13-25(22,24)28)17(16-29-3)5-4-14-26/h4-5,14,16,18-22,27-28H,6-13,15H2,1-3H3/b5-4-,17-16+. The van der Waals surface area contributed by atoms with Gasteiger partial charge in [-0.2, -0.15) is 0 Å². The van der Waals surface area contributed by atoms with E-state index in [2.05, 4.69) is 13.8 Å². The van der Waals surface area contributed by atoms with Crippen LogP contribution in [0.2, 0.25) is 0 Å². The third-order valence-electron chi connectivity index (χ3n) is 9.85. The molecule has 0 radical (unpaired) electrons. The maximum absolute atomic E-state index is 12.2. The fraction of sp³-hybridized carbons (Fsp3) is 0.800. The quantitative estimate of drug-likeness (QED) is 0.316. The molecule has 8 unspecified atom stereocenters. The second-order valence-corrected chi connectivity index (χ2v) is 10.7. The van der Waals surface area contributed by atoms with E-state index in [1.807, 2.05) is 6.08 Å². The first-order chi connectivity index (χ1) is 13.8. The fourth-order valence-electron chi connectivity index (χ4n) is 8.26. The van der Waals surface area contributed by atoms with Crippen molar-refractivity contribution in [3.05, 3.63) is 24.0 Å². The molecule has 0 aromatic heterocycles. The SMILES string of the molecule is CO/C=C(\C=C/C=O)C1CCC2(O)C3CCC4CC(O)CCC4(C)C3CCC12C. The molecule has 29 heavy (non-hydrogen) atoms. The summed E-state index contributed by atoms with van der Waals surface area (Å²) >= 11 is 0. The first kappa shape index (κ1) is 21.1. The molecule has 0 saturated heterocycles. The van der Waals surface area contributed by atoms with Crippen LogP contribution in [0, 0.1) is 34.5 Å². The van der Waals surface area contributed by atoms with Crippen LogP contribution in [0.1, 0.15) is 71.6 Å². The maximum atomic E-state index is 12.2. The van der Waals surface area contributed by atoms with E-state index in [9.17, 15) is 15.0 Å². The summed E-state index contributed by atoms with van der Waals surface area (Å²) in [5, 5.41) is 22.4. The van der Waals surface area contributed by atoms with E-state index in [1.165, 1.54) is 6.08 Å². The molecular formula is C25H38O4. The van der Waals surface area contributed by atoms with E-state index in [0.717, 1.165) is 69.6 Å².